The number of methoxy groups -OCH3 is 2. The van der Waals surface area contributed by atoms with Crippen LogP contribution in [0.3, 0.4) is 0 Å². The van der Waals surface area contributed by atoms with Gasteiger partial charge in [-0.1, -0.05) is 12.1 Å². The molecule has 1 fully saturated rings. The largest absolute Gasteiger partial charge is 0.493 e. The van der Waals surface area contributed by atoms with Crippen LogP contribution in [0.25, 0.3) is 0 Å². The molecule has 2 aliphatic heterocycles. The molecule has 2 N–H and O–H groups in total. The lowest BCUT2D eigenvalue weighted by Gasteiger charge is -2.22. The first-order valence-electron chi connectivity index (χ1n) is 10.9. The van der Waals surface area contributed by atoms with Gasteiger partial charge in [-0.25, -0.2) is 14.2 Å². The Morgan fingerprint density at radius 2 is 1.97 bits per heavy atom. The molecule has 33 heavy (non-hydrogen) atoms. The molecule has 1 saturated heterocycles. The van der Waals surface area contributed by atoms with E-state index in [1.165, 1.54) is 32.3 Å². The van der Waals surface area contributed by atoms with Gasteiger partial charge < -0.3 is 24.8 Å². The van der Waals surface area contributed by atoms with Crippen molar-refractivity contribution >= 4 is 17.4 Å². The summed E-state index contributed by atoms with van der Waals surface area (Å²) in [4.78, 5) is 14.7. The highest BCUT2D eigenvalue weighted by Gasteiger charge is 2.32. The number of aliphatic hydroxyl groups excluding tert-OH is 1. The molecule has 8 nitrogen and oxygen atoms in total. The van der Waals surface area contributed by atoms with Crippen LogP contribution in [-0.2, 0) is 6.42 Å². The van der Waals surface area contributed by atoms with Crippen molar-refractivity contribution in [3.8, 4) is 11.5 Å². The Morgan fingerprint density at radius 1 is 1.24 bits per heavy atom. The normalized spacial score (nSPS) is 20.1. The van der Waals surface area contributed by atoms with Gasteiger partial charge in [0.15, 0.2) is 11.5 Å². The van der Waals surface area contributed by atoms with E-state index >= 15 is 4.39 Å². The molecule has 2 aromatic carbocycles. The third-order valence-electron chi connectivity index (χ3n) is 6.18. The zero-order chi connectivity index (χ0) is 23.7. The van der Waals surface area contributed by atoms with Crippen molar-refractivity contribution in [2.45, 2.75) is 31.9 Å². The van der Waals surface area contributed by atoms with Crippen LogP contribution in [0.4, 0.5) is 14.9 Å². The summed E-state index contributed by atoms with van der Waals surface area (Å²) in [6.07, 6.45) is 0.660. The highest BCUT2D eigenvalue weighted by molar-refractivity contribution is 6.16. The van der Waals surface area contributed by atoms with Crippen LogP contribution in [-0.4, -0.2) is 68.4 Å². The van der Waals surface area contributed by atoms with E-state index in [4.69, 9.17) is 9.47 Å². The molecule has 2 amide bonds. The smallest absolute Gasteiger partial charge is 0.337 e. The Hall–Kier alpha value is -3.33. The van der Waals surface area contributed by atoms with Gasteiger partial charge in [0.05, 0.1) is 31.9 Å². The van der Waals surface area contributed by atoms with Gasteiger partial charge in [-0.3, -0.25) is 0 Å². The van der Waals surface area contributed by atoms with E-state index in [1.54, 1.807) is 0 Å². The average molecular weight is 457 g/mol. The maximum atomic E-state index is 15.3. The lowest BCUT2D eigenvalue weighted by molar-refractivity contribution is 0.184. The second kappa shape index (κ2) is 9.27. The number of amides is 2. The summed E-state index contributed by atoms with van der Waals surface area (Å²) in [5.41, 5.74) is 2.98. The minimum Gasteiger partial charge on any atom is -0.493 e. The average Bonchev–Trinajstić information content (AvgIpc) is 3.19. The second-order valence-electron chi connectivity index (χ2n) is 8.28. The summed E-state index contributed by atoms with van der Waals surface area (Å²) >= 11 is 0. The number of rotatable bonds is 4. The number of nitrogens with zero attached hydrogens (tertiary/aromatic N) is 3. The fraction of sp³-hybridized carbons (Fsp3) is 0.417. The lowest BCUT2D eigenvalue weighted by Crippen LogP contribution is -2.41. The predicted octanol–water partition coefficient (Wildman–Crippen LogP) is 2.75. The number of carbonyl (C=O) groups excluding carboxylic acids is 1. The molecule has 0 saturated carbocycles. The van der Waals surface area contributed by atoms with E-state index < -0.39 is 5.82 Å². The number of anilines is 1. The molecule has 4 rings (SSSR count). The number of nitrogens with one attached hydrogen (secondary N) is 1. The Morgan fingerprint density at radius 3 is 2.55 bits per heavy atom. The van der Waals surface area contributed by atoms with Crippen LogP contribution in [0.2, 0.25) is 0 Å². The van der Waals surface area contributed by atoms with Gasteiger partial charge in [-0.2, -0.15) is 5.10 Å². The van der Waals surface area contributed by atoms with Gasteiger partial charge in [0.25, 0.3) is 0 Å². The van der Waals surface area contributed by atoms with Crippen molar-refractivity contribution in [3.63, 3.8) is 0 Å². The van der Waals surface area contributed by atoms with Crippen molar-refractivity contribution < 1.29 is 23.8 Å². The van der Waals surface area contributed by atoms with Gasteiger partial charge >= 0.3 is 6.03 Å². The maximum absolute atomic E-state index is 15.3. The van der Waals surface area contributed by atoms with E-state index in [0.717, 1.165) is 18.7 Å². The molecule has 0 aromatic heterocycles. The standard InChI is InChI=1S/C24H29FN4O4/c1-14-11-18-19(25)12-20(32-3)23(33-4)21(18)22(27-29(14)24(31)26-2)15-5-7-16(8-6-15)28-10-9-17(30)13-28/h5-8,12,14,17,30H,9-11,13H2,1-4H3,(H,26,31). The summed E-state index contributed by atoms with van der Waals surface area (Å²) < 4.78 is 26.3. The zero-order valence-electron chi connectivity index (χ0n) is 19.3. The van der Waals surface area contributed by atoms with Crippen molar-refractivity contribution in [1.29, 1.82) is 0 Å². The number of hydrazone groups is 1. The number of carbonyl (C=O) groups is 1. The number of β-amino-alcohol motifs (C(OH)–C–C–N with tert-alkyl or cyclic N) is 1. The highest BCUT2D eigenvalue weighted by atomic mass is 19.1. The minimum absolute atomic E-state index is 0.255. The number of urea groups is 1. The van der Waals surface area contributed by atoms with E-state index in [1.807, 2.05) is 31.2 Å². The van der Waals surface area contributed by atoms with E-state index in [0.29, 0.717) is 34.7 Å². The Kier molecular flexibility index (Phi) is 6.42. The Labute approximate surface area is 192 Å². The SMILES string of the molecule is CNC(=O)N1N=C(c2ccc(N3CCC(O)C3)cc2)c2c(c(F)cc(OC)c2OC)CC1C. The fourth-order valence-corrected chi connectivity index (χ4v) is 4.46. The summed E-state index contributed by atoms with van der Waals surface area (Å²) in [5, 5.41) is 18.5. The molecule has 0 aliphatic carbocycles. The summed E-state index contributed by atoms with van der Waals surface area (Å²) in [6.45, 7) is 3.19. The number of hydrogen-bond donors (Lipinski definition) is 2. The van der Waals surface area contributed by atoms with Crippen molar-refractivity contribution in [3.05, 3.63) is 52.8 Å². The molecular weight excluding hydrogens is 427 g/mol. The topological polar surface area (TPSA) is 86.6 Å². The molecule has 0 radical (unpaired) electrons. The zero-order valence-corrected chi connectivity index (χ0v) is 19.3. The molecule has 0 bridgehead atoms. The van der Waals surface area contributed by atoms with Crippen LogP contribution in [0, 0.1) is 5.82 Å². The molecule has 2 aliphatic rings. The molecule has 2 heterocycles. The molecule has 2 atom stereocenters. The van der Waals surface area contributed by atoms with Crippen LogP contribution in [0.15, 0.2) is 35.4 Å². The third-order valence-corrected chi connectivity index (χ3v) is 6.18. The van der Waals surface area contributed by atoms with Gasteiger partial charge in [0.1, 0.15) is 11.5 Å². The van der Waals surface area contributed by atoms with Gasteiger partial charge in [-0.15, -0.1) is 0 Å². The molecular formula is C24H29FN4O4. The number of halogens is 1. The van der Waals surface area contributed by atoms with Crippen molar-refractivity contribution in [1.82, 2.24) is 10.3 Å². The van der Waals surface area contributed by atoms with Crippen LogP contribution >= 0.6 is 0 Å². The lowest BCUT2D eigenvalue weighted by atomic mass is 9.92. The maximum Gasteiger partial charge on any atom is 0.337 e. The van der Waals surface area contributed by atoms with E-state index in [2.05, 4.69) is 15.3 Å². The third kappa shape index (κ3) is 4.20. The highest BCUT2D eigenvalue weighted by Crippen LogP contribution is 2.39. The quantitative estimate of drug-likeness (QED) is 0.739. The van der Waals surface area contributed by atoms with Gasteiger partial charge in [-0.05, 0) is 31.9 Å². The Balaban J connectivity index is 1.88. The Bertz CT molecular complexity index is 1070. The van der Waals surface area contributed by atoms with Crippen LogP contribution < -0.4 is 19.7 Å². The first kappa shape index (κ1) is 22.8. The summed E-state index contributed by atoms with van der Waals surface area (Å²) in [7, 11) is 4.49. The number of fused-ring (bicyclic) bond motifs is 1. The first-order chi connectivity index (χ1) is 15.9. The van der Waals surface area contributed by atoms with Crippen LogP contribution in [0.5, 0.6) is 11.5 Å². The van der Waals surface area contributed by atoms with Crippen molar-refractivity contribution in [2.75, 3.05) is 39.3 Å². The first-order valence-corrected chi connectivity index (χ1v) is 10.9. The number of hydrogen-bond acceptors (Lipinski definition) is 6. The van der Waals surface area contributed by atoms with Gasteiger partial charge in [0, 0.05) is 43.0 Å². The van der Waals surface area contributed by atoms with Crippen molar-refractivity contribution in [2.24, 2.45) is 5.10 Å². The predicted molar refractivity (Wildman–Crippen MR) is 124 cm³/mol. The number of benzene rings is 2. The molecule has 0 spiro atoms. The molecule has 176 valence electrons. The summed E-state index contributed by atoms with van der Waals surface area (Å²) in [5.74, 6) is 0.180. The monoisotopic (exact) mass is 456 g/mol. The van der Waals surface area contributed by atoms with E-state index in [9.17, 15) is 9.90 Å². The molecule has 2 aromatic rings. The van der Waals surface area contributed by atoms with Crippen LogP contribution in [0.1, 0.15) is 30.0 Å². The van der Waals surface area contributed by atoms with E-state index in [-0.39, 0.29) is 30.3 Å². The number of ether oxygens (including phenoxy) is 2. The second-order valence-corrected chi connectivity index (χ2v) is 8.28. The summed E-state index contributed by atoms with van der Waals surface area (Å²) in [6, 6.07) is 8.18. The number of aliphatic hydroxyl groups is 1. The fourth-order valence-electron chi connectivity index (χ4n) is 4.46. The molecule has 2 unspecified atom stereocenters. The minimum atomic E-state index is -0.441. The molecule has 9 heteroatoms. The van der Waals surface area contributed by atoms with Gasteiger partial charge in [0.2, 0.25) is 0 Å².